The lowest BCUT2D eigenvalue weighted by Gasteiger charge is -2.39. The van der Waals surface area contributed by atoms with Gasteiger partial charge in [-0.25, -0.2) is 0 Å². The molecule has 0 spiro atoms. The maximum atomic E-state index is 13.3. The summed E-state index contributed by atoms with van der Waals surface area (Å²) in [4.78, 5) is 13.3. The molecule has 1 fully saturated rings. The lowest BCUT2D eigenvalue weighted by atomic mass is 9.97. The minimum atomic E-state index is -1.84. The highest BCUT2D eigenvalue weighted by Crippen LogP contribution is 2.37. The molecular formula is C21H22O12. The number of allylic oxidation sites excluding steroid dienone is 2. The molecule has 12 nitrogen and oxygen atoms in total. The lowest BCUT2D eigenvalue weighted by Crippen LogP contribution is -2.60. The van der Waals surface area contributed by atoms with Crippen LogP contribution in [-0.2, 0) is 4.74 Å². The molecule has 0 saturated carbocycles. The summed E-state index contributed by atoms with van der Waals surface area (Å²) in [6.07, 6.45) is -7.33. The second-order valence-electron chi connectivity index (χ2n) is 7.75. The van der Waals surface area contributed by atoms with E-state index in [4.69, 9.17) is 13.9 Å². The minimum absolute atomic E-state index is 0.182. The number of aromatic hydroxyl groups is 2. The summed E-state index contributed by atoms with van der Waals surface area (Å²) >= 11 is 0. The molecule has 0 bridgehead atoms. The molecule has 6 atom stereocenters. The van der Waals surface area contributed by atoms with E-state index in [0.29, 0.717) is 0 Å². The third-order valence-electron chi connectivity index (χ3n) is 5.50. The van der Waals surface area contributed by atoms with Crippen LogP contribution in [0.3, 0.4) is 0 Å². The van der Waals surface area contributed by atoms with Gasteiger partial charge in [0.25, 0.3) is 0 Å². The molecule has 1 aliphatic heterocycles. The highest BCUT2D eigenvalue weighted by molar-refractivity contribution is 5.88. The summed E-state index contributed by atoms with van der Waals surface area (Å²) in [5.41, 5.74) is -0.973. The molecule has 4 rings (SSSR count). The molecule has 1 aromatic heterocycles. The van der Waals surface area contributed by atoms with Crippen molar-refractivity contribution in [2.45, 2.75) is 43.2 Å². The second kappa shape index (κ2) is 8.67. The third-order valence-corrected chi connectivity index (χ3v) is 5.50. The Balaban J connectivity index is 1.87. The van der Waals surface area contributed by atoms with Crippen molar-refractivity contribution in [3.8, 4) is 17.2 Å². The van der Waals surface area contributed by atoms with Crippen LogP contribution in [-0.4, -0.2) is 84.3 Å². The molecule has 1 aromatic carbocycles. The molecule has 0 radical (unpaired) electrons. The zero-order valence-electron chi connectivity index (χ0n) is 16.9. The summed E-state index contributed by atoms with van der Waals surface area (Å²) in [7, 11) is 0. The number of phenols is 2. The van der Waals surface area contributed by atoms with E-state index in [-0.39, 0.29) is 34.5 Å². The molecule has 1 aliphatic carbocycles. The Bertz CT molecular complexity index is 1180. The quantitative estimate of drug-likeness (QED) is 0.272. The first-order chi connectivity index (χ1) is 15.6. The predicted molar refractivity (Wildman–Crippen MR) is 110 cm³/mol. The van der Waals surface area contributed by atoms with Crippen molar-refractivity contribution in [2.24, 2.45) is 0 Å². The molecule has 178 valence electrons. The van der Waals surface area contributed by atoms with Crippen LogP contribution in [0.25, 0.3) is 16.5 Å². The van der Waals surface area contributed by atoms with Crippen LogP contribution in [0.2, 0.25) is 0 Å². The molecule has 1 saturated heterocycles. The van der Waals surface area contributed by atoms with Crippen LogP contribution < -0.4 is 10.2 Å². The average Bonchev–Trinajstić information content (AvgIpc) is 2.76. The smallest absolute Gasteiger partial charge is 0.239 e. The Labute approximate surface area is 185 Å². The van der Waals surface area contributed by atoms with Gasteiger partial charge in [-0.3, -0.25) is 4.79 Å². The first-order valence-electron chi connectivity index (χ1n) is 9.90. The number of rotatable bonds is 4. The summed E-state index contributed by atoms with van der Waals surface area (Å²) in [6, 6.07) is 1.98. The molecule has 8 N–H and O–H groups in total. The Hall–Kier alpha value is -3.13. The van der Waals surface area contributed by atoms with Gasteiger partial charge in [-0.2, -0.15) is 0 Å². The number of aliphatic hydroxyl groups is 6. The zero-order chi connectivity index (χ0) is 24.0. The SMILES string of the molecule is O=c1c(O[C@@H]2OC(CO)C(O)C(O)C2O)c(C2=CC=C(O)C(O)C2)oc2cc(O)cc(O)c12. The molecule has 12 heteroatoms. The van der Waals surface area contributed by atoms with Gasteiger partial charge in [0.15, 0.2) is 5.76 Å². The van der Waals surface area contributed by atoms with E-state index in [1.54, 1.807) is 0 Å². The molecule has 2 aromatic rings. The largest absolute Gasteiger partial charge is 0.510 e. The third kappa shape index (κ3) is 4.04. The molecule has 2 heterocycles. The highest BCUT2D eigenvalue weighted by Gasteiger charge is 2.45. The van der Waals surface area contributed by atoms with E-state index >= 15 is 0 Å². The van der Waals surface area contributed by atoms with E-state index in [2.05, 4.69) is 0 Å². The van der Waals surface area contributed by atoms with E-state index < -0.39 is 66.1 Å². The summed E-state index contributed by atoms with van der Waals surface area (Å²) in [5.74, 6) is -2.20. The van der Waals surface area contributed by atoms with E-state index in [9.17, 15) is 45.6 Å². The van der Waals surface area contributed by atoms with Gasteiger partial charge in [-0.05, 0) is 6.08 Å². The molecular weight excluding hydrogens is 444 g/mol. The Morgan fingerprint density at radius 1 is 1.00 bits per heavy atom. The van der Waals surface area contributed by atoms with Gasteiger partial charge in [0.2, 0.25) is 17.5 Å². The van der Waals surface area contributed by atoms with E-state index in [0.717, 1.165) is 12.1 Å². The summed E-state index contributed by atoms with van der Waals surface area (Å²) < 4.78 is 16.5. The van der Waals surface area contributed by atoms with Gasteiger partial charge in [-0.15, -0.1) is 0 Å². The number of fused-ring (bicyclic) bond motifs is 1. The fourth-order valence-corrected chi connectivity index (χ4v) is 3.71. The normalized spacial score (nSPS) is 30.1. The number of hydrogen-bond donors (Lipinski definition) is 8. The van der Waals surface area contributed by atoms with Gasteiger partial charge in [0, 0.05) is 24.1 Å². The van der Waals surface area contributed by atoms with Gasteiger partial charge in [0.1, 0.15) is 58.7 Å². The maximum Gasteiger partial charge on any atom is 0.239 e. The Kier molecular flexibility index (Phi) is 6.05. The van der Waals surface area contributed by atoms with Gasteiger partial charge < -0.3 is 54.7 Å². The second-order valence-corrected chi connectivity index (χ2v) is 7.75. The zero-order valence-corrected chi connectivity index (χ0v) is 16.9. The van der Waals surface area contributed by atoms with Crippen molar-refractivity contribution in [2.75, 3.05) is 6.61 Å². The molecule has 2 aliphatic rings. The predicted octanol–water partition coefficient (Wildman–Crippen LogP) is -1.03. The van der Waals surface area contributed by atoms with Crippen LogP contribution >= 0.6 is 0 Å². The Morgan fingerprint density at radius 2 is 1.73 bits per heavy atom. The van der Waals surface area contributed by atoms with E-state index in [1.165, 1.54) is 12.2 Å². The number of benzene rings is 1. The van der Waals surface area contributed by atoms with Crippen molar-refractivity contribution in [3.63, 3.8) is 0 Å². The standard InChI is InChI=1S/C21H22O12/c22-6-13-15(27)17(29)18(30)21(32-13)33-20-16(28)14-11(26)4-8(23)5-12(14)31-19(20)7-1-2-9(24)10(25)3-7/h1-2,4-5,10,13,15,17-18,21-27,29-30H,3,6H2/t10?,13?,15?,17?,18?,21-/m0/s1. The fraction of sp³-hybridized carbons (Fsp3) is 0.381. The maximum absolute atomic E-state index is 13.3. The Morgan fingerprint density at radius 3 is 2.39 bits per heavy atom. The van der Waals surface area contributed by atoms with Crippen LogP contribution in [0.5, 0.6) is 17.2 Å². The van der Waals surface area contributed by atoms with Crippen molar-refractivity contribution in [3.05, 3.63) is 46.0 Å². The number of phenolic OH excluding ortho intramolecular Hbond substituents is 2. The van der Waals surface area contributed by atoms with Gasteiger partial charge in [0.05, 0.1) is 6.61 Å². The fourth-order valence-electron chi connectivity index (χ4n) is 3.71. The highest BCUT2D eigenvalue weighted by atomic mass is 16.7. The number of hydrogen-bond acceptors (Lipinski definition) is 12. The molecule has 0 amide bonds. The first-order valence-corrected chi connectivity index (χ1v) is 9.90. The monoisotopic (exact) mass is 466 g/mol. The van der Waals surface area contributed by atoms with E-state index in [1.807, 2.05) is 0 Å². The molecule has 5 unspecified atom stereocenters. The average molecular weight is 466 g/mol. The summed E-state index contributed by atoms with van der Waals surface area (Å²) in [6.45, 7) is -0.731. The summed E-state index contributed by atoms with van der Waals surface area (Å²) in [5, 5.41) is 78.9. The number of ether oxygens (including phenoxy) is 2. The van der Waals surface area contributed by atoms with Crippen molar-refractivity contribution in [1.29, 1.82) is 0 Å². The van der Waals surface area contributed by atoms with Crippen LogP contribution in [0.4, 0.5) is 0 Å². The van der Waals surface area contributed by atoms with Crippen molar-refractivity contribution >= 4 is 16.5 Å². The lowest BCUT2D eigenvalue weighted by molar-refractivity contribution is -0.277. The van der Waals surface area contributed by atoms with Crippen LogP contribution in [0.1, 0.15) is 12.2 Å². The topological polar surface area (TPSA) is 211 Å². The minimum Gasteiger partial charge on any atom is -0.510 e. The molecule has 33 heavy (non-hydrogen) atoms. The van der Waals surface area contributed by atoms with Crippen LogP contribution in [0.15, 0.2) is 39.3 Å². The van der Waals surface area contributed by atoms with Crippen LogP contribution in [0, 0.1) is 0 Å². The first kappa shape index (κ1) is 23.0. The van der Waals surface area contributed by atoms with Crippen molar-refractivity contribution < 1.29 is 54.7 Å². The van der Waals surface area contributed by atoms with Gasteiger partial charge >= 0.3 is 0 Å². The van der Waals surface area contributed by atoms with Gasteiger partial charge in [-0.1, -0.05) is 6.08 Å². The van der Waals surface area contributed by atoms with Crippen molar-refractivity contribution in [1.82, 2.24) is 0 Å². The number of aliphatic hydroxyl groups excluding tert-OH is 6.